The van der Waals surface area contributed by atoms with Crippen LogP contribution < -0.4 is 20.5 Å². The topological polar surface area (TPSA) is 107 Å². The fraction of sp³-hybridized carbons (Fsp3) is 0.625. The van der Waals surface area contributed by atoms with Crippen molar-refractivity contribution in [3.05, 3.63) is 23.8 Å². The third-order valence-corrected chi connectivity index (χ3v) is 6.63. The Morgan fingerprint density at radius 3 is 2.54 bits per heavy atom. The van der Waals surface area contributed by atoms with Gasteiger partial charge in [-0.25, -0.2) is 19.0 Å². The van der Waals surface area contributed by atoms with E-state index in [4.69, 9.17) is 9.47 Å². The second-order valence-electron chi connectivity index (χ2n) is 9.31. The van der Waals surface area contributed by atoms with Crippen molar-refractivity contribution in [1.82, 2.24) is 20.7 Å². The van der Waals surface area contributed by atoms with Crippen LogP contribution in [0, 0.1) is 11.6 Å². The summed E-state index contributed by atoms with van der Waals surface area (Å²) in [6.45, 7) is 6.70. The summed E-state index contributed by atoms with van der Waals surface area (Å²) in [5.74, 6) is -1.93. The smallest absolute Gasteiger partial charge is 0.414 e. The molecule has 1 atom stereocenters. The van der Waals surface area contributed by atoms with E-state index in [9.17, 15) is 14.4 Å². The third kappa shape index (κ3) is 7.05. The van der Waals surface area contributed by atoms with Gasteiger partial charge < -0.3 is 19.7 Å². The number of hydrogen-bond donors (Lipinski definition) is 2. The molecule has 0 spiro atoms. The lowest BCUT2D eigenvalue weighted by atomic mass is 10.2. The van der Waals surface area contributed by atoms with Crippen molar-refractivity contribution < 1.29 is 32.6 Å². The molecule has 1 aromatic carbocycles. The van der Waals surface area contributed by atoms with E-state index in [2.05, 4.69) is 15.6 Å². The summed E-state index contributed by atoms with van der Waals surface area (Å²) in [7, 11) is 0. The first-order valence-electron chi connectivity index (χ1n) is 12.6. The quantitative estimate of drug-likeness (QED) is 0.512. The molecule has 2 N–H and O–H groups in total. The van der Waals surface area contributed by atoms with Gasteiger partial charge in [0.05, 0.1) is 38.5 Å². The number of ether oxygens (including phenoxy) is 2. The Hall–Kier alpha value is -3.03. The van der Waals surface area contributed by atoms with Crippen molar-refractivity contribution in [3.8, 4) is 0 Å². The average Bonchev–Trinajstić information content (AvgIpc) is 3.07. The number of halogens is 2. The standard InChI is InChI=1S/C24H34F2N6O5/c1-17(33)27-15-19-16-31(24(35)37-19)18-13-20(25)23(21(26)14-18)30-6-4-28-32(8-7-30)22(34)3-2-5-29-9-11-36-12-10-29/h13-14,19,28H,2-12,15-16H2,1H3,(H,27,33)/t19-/m0/s1. The van der Waals surface area contributed by atoms with Gasteiger partial charge in [0.2, 0.25) is 11.8 Å². The molecule has 3 aliphatic rings. The molecule has 0 unspecified atom stereocenters. The van der Waals surface area contributed by atoms with E-state index >= 15 is 8.78 Å². The lowest BCUT2D eigenvalue weighted by Crippen LogP contribution is -2.44. The summed E-state index contributed by atoms with van der Waals surface area (Å²) in [6.07, 6.45) is -0.230. The fourth-order valence-corrected chi connectivity index (χ4v) is 4.69. The van der Waals surface area contributed by atoms with Gasteiger partial charge in [-0.3, -0.25) is 24.4 Å². The molecule has 13 heteroatoms. The molecule has 0 bridgehead atoms. The lowest BCUT2D eigenvalue weighted by Gasteiger charge is -2.27. The molecular weight excluding hydrogens is 490 g/mol. The molecule has 0 saturated carbocycles. The number of benzene rings is 1. The monoisotopic (exact) mass is 524 g/mol. The number of morpholine rings is 1. The van der Waals surface area contributed by atoms with Crippen LogP contribution in [0.3, 0.4) is 0 Å². The molecule has 3 heterocycles. The number of nitrogens with one attached hydrogen (secondary N) is 2. The van der Waals surface area contributed by atoms with E-state index in [1.165, 1.54) is 11.9 Å². The highest BCUT2D eigenvalue weighted by molar-refractivity contribution is 5.90. The minimum Gasteiger partial charge on any atom is -0.442 e. The average molecular weight is 525 g/mol. The number of carbonyl (C=O) groups excluding carboxylic acids is 3. The Morgan fingerprint density at radius 2 is 1.84 bits per heavy atom. The van der Waals surface area contributed by atoms with E-state index in [-0.39, 0.29) is 49.4 Å². The van der Waals surface area contributed by atoms with Gasteiger partial charge in [0.25, 0.3) is 0 Å². The Morgan fingerprint density at radius 1 is 1.11 bits per heavy atom. The highest BCUT2D eigenvalue weighted by Crippen LogP contribution is 2.31. The normalized spacial score (nSPS) is 21.1. The highest BCUT2D eigenvalue weighted by Gasteiger charge is 2.34. The number of cyclic esters (lactones) is 1. The predicted octanol–water partition coefficient (Wildman–Crippen LogP) is 0.692. The number of carbonyl (C=O) groups is 3. The Kier molecular flexibility index (Phi) is 9.11. The number of amides is 3. The van der Waals surface area contributed by atoms with Gasteiger partial charge in [0.15, 0.2) is 11.6 Å². The van der Waals surface area contributed by atoms with Gasteiger partial charge in [-0.1, -0.05) is 0 Å². The van der Waals surface area contributed by atoms with Gasteiger partial charge >= 0.3 is 6.09 Å². The molecule has 204 valence electrons. The van der Waals surface area contributed by atoms with Gasteiger partial charge in [-0.2, -0.15) is 0 Å². The SMILES string of the molecule is CC(=O)NC[C@H]1CN(c2cc(F)c(N3CCNN(C(=O)CCCN4CCOCC4)CC3)c(F)c2)C(=O)O1. The summed E-state index contributed by atoms with van der Waals surface area (Å²) in [4.78, 5) is 41.0. The Bertz CT molecular complexity index is 969. The van der Waals surface area contributed by atoms with Crippen LogP contribution in [0.2, 0.25) is 0 Å². The van der Waals surface area contributed by atoms with Gasteiger partial charge in [-0.05, 0) is 13.0 Å². The van der Waals surface area contributed by atoms with E-state index < -0.39 is 23.8 Å². The first-order valence-corrected chi connectivity index (χ1v) is 12.6. The number of hydrogen-bond acceptors (Lipinski definition) is 8. The maximum atomic E-state index is 15.1. The van der Waals surface area contributed by atoms with Gasteiger partial charge in [0, 0.05) is 58.2 Å². The second-order valence-corrected chi connectivity index (χ2v) is 9.31. The second kappa shape index (κ2) is 12.5. The molecule has 11 nitrogen and oxygen atoms in total. The summed E-state index contributed by atoms with van der Waals surface area (Å²) in [6, 6.07) is 2.21. The van der Waals surface area contributed by atoms with E-state index in [0.29, 0.717) is 32.7 Å². The molecule has 0 radical (unpaired) electrons. The number of hydrazine groups is 1. The first-order chi connectivity index (χ1) is 17.8. The number of rotatable bonds is 8. The molecule has 0 aromatic heterocycles. The van der Waals surface area contributed by atoms with E-state index in [1.54, 1.807) is 4.90 Å². The van der Waals surface area contributed by atoms with Crippen molar-refractivity contribution >= 4 is 29.3 Å². The lowest BCUT2D eigenvalue weighted by molar-refractivity contribution is -0.134. The van der Waals surface area contributed by atoms with Crippen LogP contribution in [0.5, 0.6) is 0 Å². The van der Waals surface area contributed by atoms with Crippen molar-refractivity contribution in [2.75, 3.05) is 81.9 Å². The molecule has 37 heavy (non-hydrogen) atoms. The van der Waals surface area contributed by atoms with Crippen LogP contribution in [-0.2, 0) is 19.1 Å². The van der Waals surface area contributed by atoms with Crippen molar-refractivity contribution in [1.29, 1.82) is 0 Å². The zero-order valence-electron chi connectivity index (χ0n) is 21.0. The van der Waals surface area contributed by atoms with Crippen molar-refractivity contribution in [2.45, 2.75) is 25.9 Å². The van der Waals surface area contributed by atoms with Gasteiger partial charge in [-0.15, -0.1) is 0 Å². The minimum absolute atomic E-state index is 0.0408. The molecule has 1 aromatic rings. The van der Waals surface area contributed by atoms with Crippen LogP contribution in [0.1, 0.15) is 19.8 Å². The van der Waals surface area contributed by atoms with Crippen LogP contribution in [0.15, 0.2) is 12.1 Å². The molecule has 3 amide bonds. The van der Waals surface area contributed by atoms with E-state index in [0.717, 1.165) is 43.1 Å². The summed E-state index contributed by atoms with van der Waals surface area (Å²) >= 11 is 0. The van der Waals surface area contributed by atoms with Crippen LogP contribution >= 0.6 is 0 Å². The molecular formula is C24H34F2N6O5. The Labute approximate surface area is 214 Å². The minimum atomic E-state index is -0.807. The fourth-order valence-electron chi connectivity index (χ4n) is 4.69. The summed E-state index contributed by atoms with van der Waals surface area (Å²) in [5.41, 5.74) is 2.90. The maximum absolute atomic E-state index is 15.1. The molecule has 3 aliphatic heterocycles. The highest BCUT2D eigenvalue weighted by atomic mass is 19.1. The largest absolute Gasteiger partial charge is 0.442 e. The number of nitrogens with zero attached hydrogens (tertiary/aromatic N) is 4. The predicted molar refractivity (Wildman–Crippen MR) is 131 cm³/mol. The summed E-state index contributed by atoms with van der Waals surface area (Å²) in [5, 5.41) is 4.09. The van der Waals surface area contributed by atoms with E-state index in [1.807, 2.05) is 0 Å². The third-order valence-electron chi connectivity index (χ3n) is 6.63. The first kappa shape index (κ1) is 27.0. The molecule has 4 rings (SSSR count). The van der Waals surface area contributed by atoms with Crippen molar-refractivity contribution in [2.24, 2.45) is 0 Å². The van der Waals surface area contributed by atoms with Crippen LogP contribution in [-0.4, -0.2) is 106 Å². The van der Waals surface area contributed by atoms with Crippen molar-refractivity contribution in [3.63, 3.8) is 0 Å². The maximum Gasteiger partial charge on any atom is 0.414 e. The zero-order valence-corrected chi connectivity index (χ0v) is 21.0. The summed E-state index contributed by atoms with van der Waals surface area (Å²) < 4.78 is 40.8. The van der Waals surface area contributed by atoms with Crippen LogP contribution in [0.4, 0.5) is 25.0 Å². The van der Waals surface area contributed by atoms with Crippen LogP contribution in [0.25, 0.3) is 0 Å². The van der Waals surface area contributed by atoms with Gasteiger partial charge in [0.1, 0.15) is 11.8 Å². The molecule has 0 aliphatic carbocycles. The zero-order chi connectivity index (χ0) is 26.4. The molecule has 3 saturated heterocycles. The molecule has 3 fully saturated rings. The number of anilines is 2. The Balaban J connectivity index is 1.32.